The highest BCUT2D eigenvalue weighted by molar-refractivity contribution is 5.96. The Morgan fingerprint density at radius 3 is 2.58 bits per heavy atom. The Morgan fingerprint density at radius 1 is 1.27 bits per heavy atom. The number of benzene rings is 1. The molecule has 8 nitrogen and oxygen atoms in total. The van der Waals surface area contributed by atoms with Gasteiger partial charge in [0.05, 0.1) is 6.54 Å². The summed E-state index contributed by atoms with van der Waals surface area (Å²) in [5.74, 6) is -0.00411. The van der Waals surface area contributed by atoms with E-state index < -0.39 is 0 Å². The molecule has 140 valence electrons. The van der Waals surface area contributed by atoms with E-state index in [1.807, 2.05) is 27.7 Å². The van der Waals surface area contributed by atoms with Gasteiger partial charge in [-0.3, -0.25) is 9.48 Å². The highest BCUT2D eigenvalue weighted by Gasteiger charge is 2.14. The van der Waals surface area contributed by atoms with Crippen LogP contribution in [0.2, 0.25) is 0 Å². The van der Waals surface area contributed by atoms with Gasteiger partial charge in [-0.05, 0) is 51.5 Å². The lowest BCUT2D eigenvalue weighted by Crippen LogP contribution is -2.38. The first-order valence-corrected chi connectivity index (χ1v) is 8.74. The second-order valence-corrected chi connectivity index (χ2v) is 6.12. The monoisotopic (exact) mass is 358 g/mol. The highest BCUT2D eigenvalue weighted by atomic mass is 16.2. The summed E-state index contributed by atoms with van der Waals surface area (Å²) in [6, 6.07) is 4.88. The van der Waals surface area contributed by atoms with Gasteiger partial charge in [0, 0.05) is 30.4 Å². The third-order valence-corrected chi connectivity index (χ3v) is 4.08. The molecule has 2 rings (SSSR count). The van der Waals surface area contributed by atoms with Crippen LogP contribution in [0.25, 0.3) is 0 Å². The van der Waals surface area contributed by atoms with Gasteiger partial charge in [-0.2, -0.15) is 5.10 Å². The number of nitrogens with zero attached hydrogens (tertiary/aromatic N) is 4. The minimum absolute atomic E-state index is 0.00411. The Labute approximate surface area is 153 Å². The van der Waals surface area contributed by atoms with Crippen molar-refractivity contribution < 1.29 is 9.59 Å². The maximum atomic E-state index is 12.4. The first-order chi connectivity index (χ1) is 12.4. The van der Waals surface area contributed by atoms with Gasteiger partial charge in [0.1, 0.15) is 12.7 Å². The second kappa shape index (κ2) is 8.98. The molecule has 1 atom stereocenters. The first kappa shape index (κ1) is 19.4. The molecule has 1 heterocycles. The summed E-state index contributed by atoms with van der Waals surface area (Å²) < 4.78 is 1.66. The Bertz CT molecular complexity index is 740. The Hall–Kier alpha value is -2.90. The maximum absolute atomic E-state index is 12.4. The molecule has 8 heteroatoms. The van der Waals surface area contributed by atoms with E-state index in [9.17, 15) is 9.59 Å². The Balaban J connectivity index is 1.96. The van der Waals surface area contributed by atoms with Crippen molar-refractivity contribution in [2.45, 2.75) is 40.3 Å². The van der Waals surface area contributed by atoms with E-state index >= 15 is 0 Å². The van der Waals surface area contributed by atoms with Crippen LogP contribution in [0.15, 0.2) is 30.9 Å². The molecular formula is C18H26N6O2. The minimum atomic E-state index is -0.302. The van der Waals surface area contributed by atoms with Crippen molar-refractivity contribution in [2.24, 2.45) is 0 Å². The molecule has 0 saturated heterocycles. The molecule has 26 heavy (non-hydrogen) atoms. The zero-order valence-corrected chi connectivity index (χ0v) is 15.7. The van der Waals surface area contributed by atoms with Crippen LogP contribution >= 0.6 is 0 Å². The van der Waals surface area contributed by atoms with Gasteiger partial charge in [-0.1, -0.05) is 0 Å². The average molecular weight is 358 g/mol. The molecule has 0 bridgehead atoms. The molecule has 2 N–H and O–H groups in total. The van der Waals surface area contributed by atoms with E-state index in [-0.39, 0.29) is 18.0 Å². The van der Waals surface area contributed by atoms with Gasteiger partial charge in [0.2, 0.25) is 0 Å². The molecular weight excluding hydrogens is 332 g/mol. The van der Waals surface area contributed by atoms with Gasteiger partial charge in [-0.25, -0.2) is 9.78 Å². The van der Waals surface area contributed by atoms with Crippen molar-refractivity contribution in [2.75, 3.05) is 18.4 Å². The normalized spacial score (nSPS) is 11.7. The number of hydrogen-bond acceptors (Lipinski definition) is 4. The van der Waals surface area contributed by atoms with Crippen LogP contribution in [-0.2, 0) is 6.54 Å². The van der Waals surface area contributed by atoms with Gasteiger partial charge in [0.15, 0.2) is 0 Å². The van der Waals surface area contributed by atoms with Crippen LogP contribution in [-0.4, -0.2) is 50.7 Å². The fraction of sp³-hybridized carbons (Fsp3) is 0.444. The van der Waals surface area contributed by atoms with Crippen LogP contribution < -0.4 is 10.6 Å². The molecule has 1 aromatic carbocycles. The van der Waals surface area contributed by atoms with Crippen LogP contribution in [0, 0.1) is 6.92 Å². The average Bonchev–Trinajstić information content (AvgIpc) is 3.10. The molecule has 0 fully saturated rings. The molecule has 0 radical (unpaired) electrons. The lowest BCUT2D eigenvalue weighted by atomic mass is 10.1. The van der Waals surface area contributed by atoms with E-state index in [2.05, 4.69) is 20.7 Å². The number of carbonyl (C=O) groups is 2. The number of hydrogen-bond donors (Lipinski definition) is 2. The molecule has 1 unspecified atom stereocenters. The summed E-state index contributed by atoms with van der Waals surface area (Å²) in [5.41, 5.74) is 2.13. The van der Waals surface area contributed by atoms with Gasteiger partial charge in [0.25, 0.3) is 5.91 Å². The number of rotatable bonds is 7. The molecule has 0 aliphatic heterocycles. The third kappa shape index (κ3) is 5.05. The zero-order chi connectivity index (χ0) is 19.1. The van der Waals surface area contributed by atoms with Crippen molar-refractivity contribution in [3.63, 3.8) is 0 Å². The molecule has 1 aromatic heterocycles. The third-order valence-electron chi connectivity index (χ3n) is 4.08. The predicted octanol–water partition coefficient (Wildman–Crippen LogP) is 2.28. The van der Waals surface area contributed by atoms with E-state index in [4.69, 9.17) is 0 Å². The quantitative estimate of drug-likeness (QED) is 0.794. The van der Waals surface area contributed by atoms with Crippen molar-refractivity contribution >= 4 is 17.6 Å². The fourth-order valence-corrected chi connectivity index (χ4v) is 2.67. The zero-order valence-electron chi connectivity index (χ0n) is 15.7. The number of carbonyl (C=O) groups excluding carboxylic acids is 2. The van der Waals surface area contributed by atoms with Gasteiger partial charge in [-0.15, -0.1) is 0 Å². The molecule has 0 aliphatic rings. The van der Waals surface area contributed by atoms with E-state index in [1.54, 1.807) is 34.1 Å². The summed E-state index contributed by atoms with van der Waals surface area (Å²) >= 11 is 0. The van der Waals surface area contributed by atoms with Crippen LogP contribution in [0.3, 0.4) is 0 Å². The van der Waals surface area contributed by atoms with Crippen LogP contribution in [0.4, 0.5) is 10.5 Å². The van der Waals surface area contributed by atoms with Crippen molar-refractivity contribution in [3.8, 4) is 0 Å². The number of aromatic nitrogens is 3. The largest absolute Gasteiger partial charge is 0.339 e. The molecule has 0 aliphatic carbocycles. The Kier molecular flexibility index (Phi) is 6.71. The highest BCUT2D eigenvalue weighted by Crippen LogP contribution is 2.18. The van der Waals surface area contributed by atoms with Crippen molar-refractivity contribution in [1.82, 2.24) is 25.0 Å². The second-order valence-electron chi connectivity index (χ2n) is 6.12. The summed E-state index contributed by atoms with van der Waals surface area (Å²) in [7, 11) is 0. The fourth-order valence-electron chi connectivity index (χ4n) is 2.67. The summed E-state index contributed by atoms with van der Waals surface area (Å²) in [6.07, 6.45) is 3.06. The molecule has 2 aromatic rings. The molecule has 3 amide bonds. The van der Waals surface area contributed by atoms with Crippen molar-refractivity contribution in [1.29, 1.82) is 0 Å². The topological polar surface area (TPSA) is 92.2 Å². The van der Waals surface area contributed by atoms with Gasteiger partial charge >= 0.3 is 6.03 Å². The number of aryl methyl sites for hydroxylation is 1. The lowest BCUT2D eigenvalue weighted by Gasteiger charge is -2.19. The first-order valence-electron chi connectivity index (χ1n) is 8.74. The standard InChI is InChI=1S/C18H26N6O2/c1-5-23(6-2)17(25)15-7-8-16(13(3)9-15)22-18(26)21-14(4)10-24-12-19-11-20-24/h7-9,11-12,14H,5-6,10H2,1-4H3,(H2,21,22,26). The number of nitrogens with one attached hydrogen (secondary N) is 2. The Morgan fingerprint density at radius 2 is 2.00 bits per heavy atom. The molecule has 0 spiro atoms. The van der Waals surface area contributed by atoms with Crippen LogP contribution in [0.5, 0.6) is 0 Å². The van der Waals surface area contributed by atoms with Crippen molar-refractivity contribution in [3.05, 3.63) is 42.0 Å². The summed E-state index contributed by atoms with van der Waals surface area (Å²) in [5, 5.41) is 9.69. The van der Waals surface area contributed by atoms with E-state index in [0.29, 0.717) is 30.9 Å². The number of amides is 3. The lowest BCUT2D eigenvalue weighted by molar-refractivity contribution is 0.0773. The van der Waals surface area contributed by atoms with Crippen LogP contribution in [0.1, 0.15) is 36.7 Å². The summed E-state index contributed by atoms with van der Waals surface area (Å²) in [6.45, 7) is 9.53. The molecule has 0 saturated carbocycles. The number of anilines is 1. The maximum Gasteiger partial charge on any atom is 0.319 e. The summed E-state index contributed by atoms with van der Waals surface area (Å²) in [4.78, 5) is 30.2. The minimum Gasteiger partial charge on any atom is -0.339 e. The van der Waals surface area contributed by atoms with E-state index in [0.717, 1.165) is 5.56 Å². The smallest absolute Gasteiger partial charge is 0.319 e. The van der Waals surface area contributed by atoms with Gasteiger partial charge < -0.3 is 15.5 Å². The predicted molar refractivity (Wildman–Crippen MR) is 100 cm³/mol. The number of urea groups is 1. The SMILES string of the molecule is CCN(CC)C(=O)c1ccc(NC(=O)NC(C)Cn2cncn2)c(C)c1. The van der Waals surface area contributed by atoms with E-state index in [1.165, 1.54) is 6.33 Å².